The second-order valence-corrected chi connectivity index (χ2v) is 6.58. The number of rotatable bonds is 2. The van der Waals surface area contributed by atoms with Gasteiger partial charge in [0.15, 0.2) is 0 Å². The van der Waals surface area contributed by atoms with E-state index in [1.54, 1.807) is 17.0 Å². The number of aliphatic hydroxyl groups excluding tert-OH is 1. The van der Waals surface area contributed by atoms with Crippen LogP contribution in [-0.2, 0) is 4.74 Å². The van der Waals surface area contributed by atoms with Gasteiger partial charge in [0.05, 0.1) is 6.10 Å². The Morgan fingerprint density at radius 3 is 2.65 bits per heavy atom. The molecule has 1 aliphatic heterocycles. The lowest BCUT2D eigenvalue weighted by Crippen LogP contribution is -2.53. The molecule has 1 amide bonds. The number of halogens is 1. The molecular weight excluding hydrogens is 278 g/mol. The predicted molar refractivity (Wildman–Crippen MR) is 77.7 cm³/mol. The SMILES string of the molecule is CC(C)(C)OC(=O)N1CC(C(O)c2cccc(Cl)c2)C1. The number of hydrogen-bond acceptors (Lipinski definition) is 3. The van der Waals surface area contributed by atoms with Crippen molar-refractivity contribution in [2.75, 3.05) is 13.1 Å². The van der Waals surface area contributed by atoms with E-state index >= 15 is 0 Å². The molecule has 1 N–H and O–H groups in total. The van der Waals surface area contributed by atoms with Crippen molar-refractivity contribution in [2.24, 2.45) is 5.92 Å². The Labute approximate surface area is 124 Å². The van der Waals surface area contributed by atoms with Crippen LogP contribution in [0.25, 0.3) is 0 Å². The quantitative estimate of drug-likeness (QED) is 0.911. The number of benzene rings is 1. The molecule has 1 aromatic rings. The first-order valence-corrected chi connectivity index (χ1v) is 7.05. The van der Waals surface area contributed by atoms with Crippen LogP contribution in [0.3, 0.4) is 0 Å². The maximum Gasteiger partial charge on any atom is 0.410 e. The van der Waals surface area contributed by atoms with Gasteiger partial charge in [-0.05, 0) is 38.5 Å². The fourth-order valence-electron chi connectivity index (χ4n) is 2.15. The number of carbonyl (C=O) groups excluding carboxylic acids is 1. The van der Waals surface area contributed by atoms with Crippen LogP contribution in [0.15, 0.2) is 24.3 Å². The molecule has 110 valence electrons. The summed E-state index contributed by atoms with van der Waals surface area (Å²) < 4.78 is 5.28. The van der Waals surface area contributed by atoms with Gasteiger partial charge in [-0.25, -0.2) is 4.79 Å². The monoisotopic (exact) mass is 297 g/mol. The minimum absolute atomic E-state index is 0.0287. The normalized spacial score (nSPS) is 17.6. The first kappa shape index (κ1) is 15.1. The van der Waals surface area contributed by atoms with Crippen LogP contribution in [0.1, 0.15) is 32.4 Å². The first-order chi connectivity index (χ1) is 9.26. The van der Waals surface area contributed by atoms with Gasteiger partial charge < -0.3 is 14.7 Å². The molecule has 4 nitrogen and oxygen atoms in total. The molecule has 20 heavy (non-hydrogen) atoms. The molecule has 1 aliphatic rings. The van der Waals surface area contributed by atoms with Crippen LogP contribution in [0.5, 0.6) is 0 Å². The van der Waals surface area contributed by atoms with Crippen molar-refractivity contribution in [3.63, 3.8) is 0 Å². The van der Waals surface area contributed by atoms with Crippen molar-refractivity contribution in [1.82, 2.24) is 4.90 Å². The van der Waals surface area contributed by atoms with E-state index in [0.29, 0.717) is 18.1 Å². The third kappa shape index (κ3) is 3.64. The lowest BCUT2D eigenvalue weighted by atomic mass is 9.89. The molecule has 1 saturated heterocycles. The summed E-state index contributed by atoms with van der Waals surface area (Å²) in [5.74, 6) is 0.0287. The summed E-state index contributed by atoms with van der Waals surface area (Å²) in [7, 11) is 0. The Bertz CT molecular complexity index is 492. The van der Waals surface area contributed by atoms with E-state index in [9.17, 15) is 9.90 Å². The van der Waals surface area contributed by atoms with Gasteiger partial charge in [-0.2, -0.15) is 0 Å². The topological polar surface area (TPSA) is 49.8 Å². The van der Waals surface area contributed by atoms with Gasteiger partial charge in [0, 0.05) is 24.0 Å². The highest BCUT2D eigenvalue weighted by atomic mass is 35.5. The summed E-state index contributed by atoms with van der Waals surface area (Å²) >= 11 is 5.91. The van der Waals surface area contributed by atoms with E-state index in [-0.39, 0.29) is 12.0 Å². The zero-order chi connectivity index (χ0) is 14.9. The summed E-state index contributed by atoms with van der Waals surface area (Å²) in [6.07, 6.45) is -0.931. The van der Waals surface area contributed by atoms with Crippen LogP contribution in [0.2, 0.25) is 5.02 Å². The number of hydrogen-bond donors (Lipinski definition) is 1. The molecule has 1 unspecified atom stereocenters. The molecule has 0 aliphatic carbocycles. The van der Waals surface area contributed by atoms with E-state index in [1.165, 1.54) is 0 Å². The second kappa shape index (κ2) is 5.62. The van der Waals surface area contributed by atoms with Gasteiger partial charge in [-0.3, -0.25) is 0 Å². The fraction of sp³-hybridized carbons (Fsp3) is 0.533. The average Bonchev–Trinajstić information content (AvgIpc) is 2.24. The molecule has 1 atom stereocenters. The van der Waals surface area contributed by atoms with Crippen LogP contribution in [0, 0.1) is 5.92 Å². The van der Waals surface area contributed by atoms with E-state index in [0.717, 1.165) is 5.56 Å². The molecule has 0 saturated carbocycles. The molecule has 0 radical (unpaired) electrons. The van der Waals surface area contributed by atoms with Gasteiger partial charge in [-0.15, -0.1) is 0 Å². The molecule has 1 fully saturated rings. The lowest BCUT2D eigenvalue weighted by Gasteiger charge is -2.42. The minimum Gasteiger partial charge on any atom is -0.444 e. The van der Waals surface area contributed by atoms with Crippen molar-refractivity contribution in [3.05, 3.63) is 34.9 Å². The van der Waals surface area contributed by atoms with E-state index in [1.807, 2.05) is 32.9 Å². The minimum atomic E-state index is -0.604. The van der Waals surface area contributed by atoms with Crippen molar-refractivity contribution in [1.29, 1.82) is 0 Å². The highest BCUT2D eigenvalue weighted by molar-refractivity contribution is 6.30. The predicted octanol–water partition coefficient (Wildman–Crippen LogP) is 3.24. The smallest absolute Gasteiger partial charge is 0.410 e. The molecule has 1 heterocycles. The van der Waals surface area contributed by atoms with Gasteiger partial charge in [-0.1, -0.05) is 23.7 Å². The van der Waals surface area contributed by atoms with E-state index < -0.39 is 11.7 Å². The Morgan fingerprint density at radius 1 is 1.45 bits per heavy atom. The maximum atomic E-state index is 11.8. The van der Waals surface area contributed by atoms with Crippen LogP contribution in [0.4, 0.5) is 4.79 Å². The Morgan fingerprint density at radius 2 is 2.10 bits per heavy atom. The molecule has 2 rings (SSSR count). The van der Waals surface area contributed by atoms with E-state index in [2.05, 4.69) is 0 Å². The molecule has 0 aromatic heterocycles. The second-order valence-electron chi connectivity index (χ2n) is 6.15. The average molecular weight is 298 g/mol. The Hall–Kier alpha value is -1.26. The van der Waals surface area contributed by atoms with Crippen LogP contribution < -0.4 is 0 Å². The van der Waals surface area contributed by atoms with Gasteiger partial charge in [0.1, 0.15) is 5.60 Å². The van der Waals surface area contributed by atoms with Crippen molar-refractivity contribution >= 4 is 17.7 Å². The summed E-state index contributed by atoms with van der Waals surface area (Å²) in [6.45, 7) is 6.51. The van der Waals surface area contributed by atoms with Crippen LogP contribution in [-0.4, -0.2) is 34.8 Å². The van der Waals surface area contributed by atoms with Crippen molar-refractivity contribution < 1.29 is 14.6 Å². The van der Waals surface area contributed by atoms with Crippen molar-refractivity contribution in [3.8, 4) is 0 Å². The Kier molecular flexibility index (Phi) is 4.25. The number of ether oxygens (including phenoxy) is 1. The fourth-order valence-corrected chi connectivity index (χ4v) is 2.35. The molecule has 0 spiro atoms. The number of amides is 1. The summed E-state index contributed by atoms with van der Waals surface area (Å²) in [5.41, 5.74) is 0.291. The van der Waals surface area contributed by atoms with Gasteiger partial charge in [0.25, 0.3) is 0 Å². The number of likely N-dealkylation sites (tertiary alicyclic amines) is 1. The zero-order valence-electron chi connectivity index (χ0n) is 12.0. The molecular formula is C15H20ClNO3. The highest BCUT2D eigenvalue weighted by Crippen LogP contribution is 2.31. The van der Waals surface area contributed by atoms with Crippen LogP contribution >= 0.6 is 11.6 Å². The summed E-state index contributed by atoms with van der Waals surface area (Å²) in [4.78, 5) is 13.4. The zero-order valence-corrected chi connectivity index (χ0v) is 12.7. The lowest BCUT2D eigenvalue weighted by molar-refractivity contribution is -0.0314. The number of nitrogens with zero attached hydrogens (tertiary/aromatic N) is 1. The van der Waals surface area contributed by atoms with E-state index in [4.69, 9.17) is 16.3 Å². The molecule has 5 heteroatoms. The standard InChI is InChI=1S/C15H20ClNO3/c1-15(2,3)20-14(19)17-8-11(9-17)13(18)10-5-4-6-12(16)7-10/h4-7,11,13,18H,8-9H2,1-3H3. The highest BCUT2D eigenvalue weighted by Gasteiger charge is 2.38. The summed E-state index contributed by atoms with van der Waals surface area (Å²) in [6, 6.07) is 7.17. The van der Waals surface area contributed by atoms with Gasteiger partial charge in [0.2, 0.25) is 0 Å². The number of aliphatic hydroxyl groups is 1. The third-order valence-corrected chi connectivity index (χ3v) is 3.43. The maximum absolute atomic E-state index is 11.8. The van der Waals surface area contributed by atoms with Crippen molar-refractivity contribution in [2.45, 2.75) is 32.5 Å². The van der Waals surface area contributed by atoms with Gasteiger partial charge >= 0.3 is 6.09 Å². The first-order valence-electron chi connectivity index (χ1n) is 6.68. The molecule has 0 bridgehead atoms. The largest absolute Gasteiger partial charge is 0.444 e. The third-order valence-electron chi connectivity index (χ3n) is 3.20. The molecule has 1 aromatic carbocycles. The Balaban J connectivity index is 1.88. The summed E-state index contributed by atoms with van der Waals surface area (Å²) in [5, 5.41) is 10.9. The number of carbonyl (C=O) groups is 1.